The van der Waals surface area contributed by atoms with Crippen molar-refractivity contribution in [1.82, 2.24) is 4.90 Å². The molecule has 120 valence electrons. The predicted molar refractivity (Wildman–Crippen MR) is 89.0 cm³/mol. The standard InChI is InChI=1S/C16H22N2O3S/c1-11-4-5-13(12(2)8-11)17-16(20)14-9-22-10-18(14)15(19)6-7-21-3/h4-5,8,14H,6-7,9-10H2,1-3H3,(H,17,20). The summed E-state index contributed by atoms with van der Waals surface area (Å²) in [7, 11) is 1.57. The van der Waals surface area contributed by atoms with Gasteiger partial charge in [-0.25, -0.2) is 0 Å². The maximum atomic E-state index is 12.5. The number of carbonyl (C=O) groups excluding carboxylic acids is 2. The van der Waals surface area contributed by atoms with Gasteiger partial charge in [-0.2, -0.15) is 0 Å². The van der Waals surface area contributed by atoms with Gasteiger partial charge < -0.3 is 15.0 Å². The van der Waals surface area contributed by atoms with E-state index in [1.807, 2.05) is 32.0 Å². The number of anilines is 1. The summed E-state index contributed by atoms with van der Waals surface area (Å²) < 4.78 is 4.94. The predicted octanol–water partition coefficient (Wildman–Crippen LogP) is 2.18. The third-order valence-corrected chi connectivity index (χ3v) is 4.68. The topological polar surface area (TPSA) is 58.6 Å². The van der Waals surface area contributed by atoms with E-state index < -0.39 is 6.04 Å². The summed E-state index contributed by atoms with van der Waals surface area (Å²) in [5, 5.41) is 2.94. The number of aryl methyl sites for hydroxylation is 2. The zero-order chi connectivity index (χ0) is 16.1. The molecular weight excluding hydrogens is 300 g/mol. The lowest BCUT2D eigenvalue weighted by atomic mass is 10.1. The Morgan fingerprint density at radius 2 is 2.18 bits per heavy atom. The molecule has 0 bridgehead atoms. The molecule has 1 fully saturated rings. The Morgan fingerprint density at radius 1 is 1.41 bits per heavy atom. The number of methoxy groups -OCH3 is 1. The van der Waals surface area contributed by atoms with E-state index in [-0.39, 0.29) is 11.8 Å². The number of rotatable bonds is 5. The second kappa shape index (κ2) is 7.65. The molecule has 2 amide bonds. The Balaban J connectivity index is 2.03. The Hall–Kier alpha value is -1.53. The molecule has 22 heavy (non-hydrogen) atoms. The van der Waals surface area contributed by atoms with E-state index >= 15 is 0 Å². The van der Waals surface area contributed by atoms with Crippen LogP contribution in [-0.4, -0.2) is 48.1 Å². The highest BCUT2D eigenvalue weighted by molar-refractivity contribution is 7.99. The Bertz CT molecular complexity index is 562. The average Bonchev–Trinajstić information content (AvgIpc) is 2.97. The Morgan fingerprint density at radius 3 is 2.86 bits per heavy atom. The number of hydrogen-bond donors (Lipinski definition) is 1. The lowest BCUT2D eigenvalue weighted by Crippen LogP contribution is -2.44. The van der Waals surface area contributed by atoms with Crippen LogP contribution in [0.1, 0.15) is 17.5 Å². The minimum atomic E-state index is -0.407. The van der Waals surface area contributed by atoms with E-state index in [2.05, 4.69) is 5.32 Å². The van der Waals surface area contributed by atoms with Crippen LogP contribution in [-0.2, 0) is 14.3 Å². The maximum Gasteiger partial charge on any atom is 0.248 e. The van der Waals surface area contributed by atoms with Crippen LogP contribution in [0.3, 0.4) is 0 Å². The van der Waals surface area contributed by atoms with Crippen molar-refractivity contribution in [3.8, 4) is 0 Å². The van der Waals surface area contributed by atoms with Gasteiger partial charge in [0.05, 0.1) is 18.9 Å². The van der Waals surface area contributed by atoms with Crippen LogP contribution in [0.5, 0.6) is 0 Å². The summed E-state index contributed by atoms with van der Waals surface area (Å²) >= 11 is 1.60. The minimum Gasteiger partial charge on any atom is -0.384 e. The van der Waals surface area contributed by atoms with E-state index in [4.69, 9.17) is 4.74 Å². The van der Waals surface area contributed by atoms with Crippen molar-refractivity contribution < 1.29 is 14.3 Å². The molecule has 1 atom stereocenters. The molecule has 0 aliphatic carbocycles. The highest BCUT2D eigenvalue weighted by Gasteiger charge is 2.34. The minimum absolute atomic E-state index is 0.0346. The molecule has 2 rings (SSSR count). The lowest BCUT2D eigenvalue weighted by molar-refractivity contribution is -0.136. The molecule has 1 N–H and O–H groups in total. The molecule has 0 radical (unpaired) electrons. The number of thioether (sulfide) groups is 1. The van der Waals surface area contributed by atoms with Gasteiger partial charge in [0.2, 0.25) is 11.8 Å². The molecule has 1 heterocycles. The van der Waals surface area contributed by atoms with Crippen LogP contribution >= 0.6 is 11.8 Å². The fourth-order valence-electron chi connectivity index (χ4n) is 2.41. The summed E-state index contributed by atoms with van der Waals surface area (Å²) in [5.41, 5.74) is 2.98. The highest BCUT2D eigenvalue weighted by atomic mass is 32.2. The number of carbonyl (C=O) groups is 2. The van der Waals surface area contributed by atoms with E-state index in [1.54, 1.807) is 23.8 Å². The van der Waals surface area contributed by atoms with Crippen LogP contribution < -0.4 is 5.32 Å². The molecule has 0 spiro atoms. The largest absolute Gasteiger partial charge is 0.384 e. The first-order chi connectivity index (χ1) is 10.5. The van der Waals surface area contributed by atoms with E-state index in [0.717, 1.165) is 16.8 Å². The molecule has 1 unspecified atom stereocenters. The Kier molecular flexibility index (Phi) is 5.85. The quantitative estimate of drug-likeness (QED) is 0.903. The van der Waals surface area contributed by atoms with Crippen molar-refractivity contribution in [1.29, 1.82) is 0 Å². The third-order valence-electron chi connectivity index (χ3n) is 3.67. The first-order valence-electron chi connectivity index (χ1n) is 7.27. The SMILES string of the molecule is COCCC(=O)N1CSCC1C(=O)Nc1ccc(C)cc1C. The highest BCUT2D eigenvalue weighted by Crippen LogP contribution is 2.24. The van der Waals surface area contributed by atoms with Gasteiger partial charge in [-0.1, -0.05) is 17.7 Å². The molecule has 0 saturated carbocycles. The zero-order valence-corrected chi connectivity index (χ0v) is 14.0. The van der Waals surface area contributed by atoms with Gasteiger partial charge in [-0.05, 0) is 25.5 Å². The van der Waals surface area contributed by atoms with Crippen molar-refractivity contribution in [2.24, 2.45) is 0 Å². The molecular formula is C16H22N2O3S. The monoisotopic (exact) mass is 322 g/mol. The number of nitrogens with one attached hydrogen (secondary N) is 1. The van der Waals surface area contributed by atoms with Gasteiger partial charge in [0.1, 0.15) is 6.04 Å². The molecule has 0 aromatic heterocycles. The average molecular weight is 322 g/mol. The number of hydrogen-bond acceptors (Lipinski definition) is 4. The summed E-state index contributed by atoms with van der Waals surface area (Å²) in [6.45, 7) is 4.36. The number of benzene rings is 1. The van der Waals surface area contributed by atoms with Crippen LogP contribution in [0.4, 0.5) is 5.69 Å². The van der Waals surface area contributed by atoms with Crippen molar-refractivity contribution in [3.63, 3.8) is 0 Å². The van der Waals surface area contributed by atoms with Crippen LogP contribution in [0.25, 0.3) is 0 Å². The first kappa shape index (κ1) is 16.8. The maximum absolute atomic E-state index is 12.5. The fraction of sp³-hybridized carbons (Fsp3) is 0.500. The molecule has 5 nitrogen and oxygen atoms in total. The van der Waals surface area contributed by atoms with Gasteiger partial charge >= 0.3 is 0 Å². The number of amides is 2. The molecule has 1 aliphatic heterocycles. The van der Waals surface area contributed by atoms with Crippen LogP contribution in [0, 0.1) is 13.8 Å². The first-order valence-corrected chi connectivity index (χ1v) is 8.42. The summed E-state index contributed by atoms with van der Waals surface area (Å²) in [5.74, 6) is 1.04. The second-order valence-electron chi connectivity index (χ2n) is 5.43. The molecule has 1 aromatic rings. The molecule has 1 saturated heterocycles. The second-order valence-corrected chi connectivity index (χ2v) is 6.43. The van der Waals surface area contributed by atoms with Gasteiger partial charge in [-0.3, -0.25) is 9.59 Å². The molecule has 1 aliphatic rings. The lowest BCUT2D eigenvalue weighted by Gasteiger charge is -2.23. The van der Waals surface area contributed by atoms with Gasteiger partial charge in [-0.15, -0.1) is 11.8 Å². The van der Waals surface area contributed by atoms with Gasteiger partial charge in [0.15, 0.2) is 0 Å². The van der Waals surface area contributed by atoms with E-state index in [1.165, 1.54) is 0 Å². The van der Waals surface area contributed by atoms with Crippen molar-refractivity contribution in [2.45, 2.75) is 26.3 Å². The van der Waals surface area contributed by atoms with E-state index in [9.17, 15) is 9.59 Å². The summed E-state index contributed by atoms with van der Waals surface area (Å²) in [4.78, 5) is 26.3. The van der Waals surface area contributed by atoms with Crippen LogP contribution in [0.15, 0.2) is 18.2 Å². The van der Waals surface area contributed by atoms with E-state index in [0.29, 0.717) is 24.7 Å². The molecule has 6 heteroatoms. The van der Waals surface area contributed by atoms with Crippen molar-refractivity contribution in [3.05, 3.63) is 29.3 Å². The number of ether oxygens (including phenoxy) is 1. The summed E-state index contributed by atoms with van der Waals surface area (Å²) in [6, 6.07) is 5.49. The Labute approximate surface area is 135 Å². The van der Waals surface area contributed by atoms with Crippen molar-refractivity contribution >= 4 is 29.3 Å². The van der Waals surface area contributed by atoms with Gasteiger partial charge in [0.25, 0.3) is 0 Å². The molecule has 1 aromatic carbocycles. The van der Waals surface area contributed by atoms with Gasteiger partial charge in [0, 0.05) is 18.6 Å². The zero-order valence-electron chi connectivity index (χ0n) is 13.2. The summed E-state index contributed by atoms with van der Waals surface area (Å²) in [6.07, 6.45) is 0.310. The number of nitrogens with zero attached hydrogens (tertiary/aromatic N) is 1. The van der Waals surface area contributed by atoms with Crippen LogP contribution in [0.2, 0.25) is 0 Å². The fourth-order valence-corrected chi connectivity index (χ4v) is 3.59. The smallest absolute Gasteiger partial charge is 0.248 e. The third kappa shape index (κ3) is 4.01. The normalized spacial score (nSPS) is 17.6. The van der Waals surface area contributed by atoms with Crippen molar-refractivity contribution in [2.75, 3.05) is 30.7 Å².